The van der Waals surface area contributed by atoms with Gasteiger partial charge in [-0.05, 0) is 32.1 Å². The van der Waals surface area contributed by atoms with Crippen LogP contribution in [-0.4, -0.2) is 36.6 Å². The Kier molecular flexibility index (Phi) is 3.77. The van der Waals surface area contributed by atoms with Crippen LogP contribution in [0, 0.1) is 11.8 Å². The molecule has 2 unspecified atom stereocenters. The predicted octanol–water partition coefficient (Wildman–Crippen LogP) is 1.92. The van der Waals surface area contributed by atoms with Gasteiger partial charge in [0.15, 0.2) is 0 Å². The van der Waals surface area contributed by atoms with Crippen molar-refractivity contribution in [3.8, 4) is 0 Å². The Balaban J connectivity index is 2.62. The van der Waals surface area contributed by atoms with E-state index < -0.39 is 5.60 Å². The second kappa shape index (κ2) is 4.52. The van der Waals surface area contributed by atoms with Crippen LogP contribution in [0.3, 0.4) is 0 Å². The number of hydrogen-bond acceptors (Lipinski definition) is 2. The average molecular weight is 213 g/mol. The first-order valence-corrected chi connectivity index (χ1v) is 5.73. The van der Waals surface area contributed by atoms with Crippen molar-refractivity contribution in [2.45, 2.75) is 39.7 Å². The van der Waals surface area contributed by atoms with E-state index in [9.17, 15) is 4.79 Å². The molecule has 0 aromatic heterocycles. The lowest BCUT2D eigenvalue weighted by atomic mass is 9.88. The highest BCUT2D eigenvalue weighted by Gasteiger charge is 2.35. The van der Waals surface area contributed by atoms with E-state index >= 15 is 0 Å². The van der Waals surface area contributed by atoms with Crippen molar-refractivity contribution < 1.29 is 9.53 Å². The second-order valence-electron chi connectivity index (χ2n) is 5.21. The van der Waals surface area contributed by atoms with Crippen molar-refractivity contribution in [1.29, 1.82) is 0 Å². The lowest BCUT2D eigenvalue weighted by molar-refractivity contribution is -0.153. The molecule has 1 aliphatic heterocycles. The van der Waals surface area contributed by atoms with E-state index in [4.69, 9.17) is 4.74 Å². The molecule has 0 aromatic carbocycles. The fourth-order valence-corrected chi connectivity index (χ4v) is 1.92. The first-order chi connectivity index (χ1) is 6.88. The van der Waals surface area contributed by atoms with E-state index in [1.54, 1.807) is 7.11 Å². The van der Waals surface area contributed by atoms with Gasteiger partial charge in [0.05, 0.1) is 0 Å². The lowest BCUT2D eigenvalue weighted by Gasteiger charge is -2.38. The highest BCUT2D eigenvalue weighted by Crippen LogP contribution is 2.24. The van der Waals surface area contributed by atoms with E-state index in [-0.39, 0.29) is 5.91 Å². The molecule has 0 N–H and O–H groups in total. The van der Waals surface area contributed by atoms with Crippen LogP contribution in [-0.2, 0) is 9.53 Å². The number of nitrogens with zero attached hydrogens (tertiary/aromatic N) is 1. The van der Waals surface area contributed by atoms with Gasteiger partial charge < -0.3 is 9.64 Å². The van der Waals surface area contributed by atoms with Crippen molar-refractivity contribution in [2.75, 3.05) is 20.2 Å². The van der Waals surface area contributed by atoms with E-state index in [0.717, 1.165) is 25.4 Å². The monoisotopic (exact) mass is 213 g/mol. The Bertz CT molecular complexity index is 238. The first kappa shape index (κ1) is 12.5. The molecule has 1 heterocycles. The molecule has 3 nitrogen and oxygen atoms in total. The van der Waals surface area contributed by atoms with Crippen LogP contribution in [0.5, 0.6) is 0 Å². The summed E-state index contributed by atoms with van der Waals surface area (Å²) < 4.78 is 5.22. The van der Waals surface area contributed by atoms with Gasteiger partial charge in [0.25, 0.3) is 5.91 Å². The zero-order valence-electron chi connectivity index (χ0n) is 10.5. The summed E-state index contributed by atoms with van der Waals surface area (Å²) >= 11 is 0. The summed E-state index contributed by atoms with van der Waals surface area (Å²) in [6.45, 7) is 9.87. The normalized spacial score (nSPS) is 27.9. The molecule has 3 heteroatoms. The Morgan fingerprint density at radius 1 is 1.33 bits per heavy atom. The molecule has 15 heavy (non-hydrogen) atoms. The molecule has 2 atom stereocenters. The number of ether oxygens (including phenoxy) is 1. The number of likely N-dealkylation sites (tertiary alicyclic amines) is 1. The minimum Gasteiger partial charge on any atom is -0.369 e. The zero-order valence-corrected chi connectivity index (χ0v) is 10.5. The number of rotatable bonds is 2. The van der Waals surface area contributed by atoms with E-state index in [1.165, 1.54) is 0 Å². The Morgan fingerprint density at radius 2 is 1.93 bits per heavy atom. The molecule has 0 radical (unpaired) electrons. The molecule has 0 saturated carbocycles. The summed E-state index contributed by atoms with van der Waals surface area (Å²) in [5, 5.41) is 0. The third-order valence-corrected chi connectivity index (χ3v) is 3.65. The van der Waals surface area contributed by atoms with Crippen LogP contribution in [0.4, 0.5) is 0 Å². The van der Waals surface area contributed by atoms with Gasteiger partial charge in [-0.15, -0.1) is 0 Å². The van der Waals surface area contributed by atoms with Crippen LogP contribution in [0.15, 0.2) is 0 Å². The number of carbonyl (C=O) groups excluding carboxylic acids is 1. The number of piperidine rings is 1. The van der Waals surface area contributed by atoms with E-state index in [0.29, 0.717) is 5.92 Å². The highest BCUT2D eigenvalue weighted by molar-refractivity contribution is 5.84. The summed E-state index contributed by atoms with van der Waals surface area (Å²) in [7, 11) is 1.59. The van der Waals surface area contributed by atoms with Gasteiger partial charge in [-0.3, -0.25) is 4.79 Å². The smallest absolute Gasteiger partial charge is 0.254 e. The van der Waals surface area contributed by atoms with Crippen LogP contribution in [0.1, 0.15) is 34.1 Å². The van der Waals surface area contributed by atoms with Gasteiger partial charge in [-0.25, -0.2) is 0 Å². The molecular formula is C12H23NO2. The van der Waals surface area contributed by atoms with Crippen LogP contribution < -0.4 is 0 Å². The molecule has 88 valence electrons. The highest BCUT2D eigenvalue weighted by atomic mass is 16.5. The van der Waals surface area contributed by atoms with Gasteiger partial charge in [-0.2, -0.15) is 0 Å². The maximum Gasteiger partial charge on any atom is 0.254 e. The molecule has 1 saturated heterocycles. The Hall–Kier alpha value is -0.570. The van der Waals surface area contributed by atoms with Crippen molar-refractivity contribution in [1.82, 2.24) is 4.90 Å². The summed E-state index contributed by atoms with van der Waals surface area (Å²) in [5.74, 6) is 1.43. The SMILES string of the molecule is COC(C)(C)C(=O)N1CCC(C)C(C)C1. The van der Waals surface area contributed by atoms with Crippen LogP contribution in [0.25, 0.3) is 0 Å². The van der Waals surface area contributed by atoms with E-state index in [2.05, 4.69) is 13.8 Å². The fourth-order valence-electron chi connectivity index (χ4n) is 1.92. The third-order valence-electron chi connectivity index (χ3n) is 3.65. The number of methoxy groups -OCH3 is 1. The van der Waals surface area contributed by atoms with Crippen molar-refractivity contribution in [2.24, 2.45) is 11.8 Å². The number of hydrogen-bond donors (Lipinski definition) is 0. The third kappa shape index (κ3) is 2.71. The predicted molar refractivity (Wildman–Crippen MR) is 60.6 cm³/mol. The van der Waals surface area contributed by atoms with Gasteiger partial charge in [0, 0.05) is 20.2 Å². The first-order valence-electron chi connectivity index (χ1n) is 5.73. The quantitative estimate of drug-likeness (QED) is 0.701. The van der Waals surface area contributed by atoms with Crippen LogP contribution >= 0.6 is 0 Å². The molecule has 0 bridgehead atoms. The summed E-state index contributed by atoms with van der Waals surface area (Å²) in [6.07, 6.45) is 1.10. The molecule has 1 fully saturated rings. The summed E-state index contributed by atoms with van der Waals surface area (Å²) in [6, 6.07) is 0. The Morgan fingerprint density at radius 3 is 2.40 bits per heavy atom. The standard InChI is InChI=1S/C12H23NO2/c1-9-6-7-13(8-10(9)2)11(14)12(3,4)15-5/h9-10H,6-8H2,1-5H3. The fraction of sp³-hybridized carbons (Fsp3) is 0.917. The molecule has 1 amide bonds. The number of amides is 1. The van der Waals surface area contributed by atoms with Crippen molar-refractivity contribution in [3.63, 3.8) is 0 Å². The minimum atomic E-state index is -0.680. The molecule has 0 aromatic rings. The van der Waals surface area contributed by atoms with E-state index in [1.807, 2.05) is 18.7 Å². The lowest BCUT2D eigenvalue weighted by Crippen LogP contribution is -2.51. The summed E-state index contributed by atoms with van der Waals surface area (Å²) in [4.78, 5) is 14.0. The van der Waals surface area contributed by atoms with Crippen molar-refractivity contribution >= 4 is 5.91 Å². The molecular weight excluding hydrogens is 190 g/mol. The molecule has 1 rings (SSSR count). The number of carbonyl (C=O) groups is 1. The summed E-state index contributed by atoms with van der Waals surface area (Å²) in [5.41, 5.74) is -0.680. The maximum atomic E-state index is 12.1. The van der Waals surface area contributed by atoms with Crippen LogP contribution in [0.2, 0.25) is 0 Å². The second-order valence-corrected chi connectivity index (χ2v) is 5.21. The van der Waals surface area contributed by atoms with Gasteiger partial charge in [-0.1, -0.05) is 13.8 Å². The maximum absolute atomic E-state index is 12.1. The molecule has 0 spiro atoms. The molecule has 1 aliphatic rings. The van der Waals surface area contributed by atoms with Gasteiger partial charge in [0.1, 0.15) is 5.60 Å². The van der Waals surface area contributed by atoms with Crippen molar-refractivity contribution in [3.05, 3.63) is 0 Å². The topological polar surface area (TPSA) is 29.5 Å². The molecule has 0 aliphatic carbocycles. The minimum absolute atomic E-state index is 0.115. The average Bonchev–Trinajstić information content (AvgIpc) is 2.21. The largest absolute Gasteiger partial charge is 0.369 e. The van der Waals surface area contributed by atoms with Gasteiger partial charge >= 0.3 is 0 Å². The van der Waals surface area contributed by atoms with Gasteiger partial charge in [0.2, 0.25) is 0 Å². The Labute approximate surface area is 92.8 Å². The zero-order chi connectivity index (χ0) is 11.6.